The van der Waals surface area contributed by atoms with Crippen molar-refractivity contribution in [3.05, 3.63) is 59.8 Å². The first-order valence-electron chi connectivity index (χ1n) is 11.5. The largest absolute Gasteiger partial charge is 0.445 e. The molecule has 1 aromatic heterocycles. The molecule has 0 aliphatic carbocycles. The number of anilines is 1. The Labute approximate surface area is 212 Å². The fraction of sp³-hybridized carbons (Fsp3) is 0.440. The Bertz CT molecular complexity index is 1000. The molecule has 0 saturated heterocycles. The van der Waals surface area contributed by atoms with E-state index in [-0.39, 0.29) is 49.3 Å². The zero-order valence-corrected chi connectivity index (χ0v) is 21.3. The van der Waals surface area contributed by atoms with Crippen LogP contribution in [0.25, 0.3) is 0 Å². The molecule has 9 nitrogen and oxygen atoms in total. The van der Waals surface area contributed by atoms with Crippen LogP contribution in [0.3, 0.4) is 0 Å². The Balaban J connectivity index is 0.00000432. The molecule has 10 heteroatoms. The summed E-state index contributed by atoms with van der Waals surface area (Å²) in [4.78, 5) is 44.5. The third-order valence-corrected chi connectivity index (χ3v) is 5.91. The van der Waals surface area contributed by atoms with Gasteiger partial charge in [-0.1, -0.05) is 50.2 Å². The Morgan fingerprint density at radius 2 is 1.83 bits per heavy atom. The first-order chi connectivity index (χ1) is 16.3. The van der Waals surface area contributed by atoms with Gasteiger partial charge in [0.1, 0.15) is 18.5 Å². The van der Waals surface area contributed by atoms with Gasteiger partial charge in [0.05, 0.1) is 12.1 Å². The maximum atomic E-state index is 13.7. The van der Waals surface area contributed by atoms with E-state index < -0.39 is 18.2 Å². The summed E-state index contributed by atoms with van der Waals surface area (Å²) in [5.74, 6) is -0.0982. The summed E-state index contributed by atoms with van der Waals surface area (Å²) in [6, 6.07) is 11.6. The number of carbonyl (C=O) groups excluding carboxylic acids is 3. The van der Waals surface area contributed by atoms with E-state index in [0.717, 1.165) is 11.1 Å². The fourth-order valence-corrected chi connectivity index (χ4v) is 3.82. The molecule has 1 aromatic carbocycles. The van der Waals surface area contributed by atoms with Gasteiger partial charge in [0.2, 0.25) is 5.91 Å². The predicted molar refractivity (Wildman–Crippen MR) is 136 cm³/mol. The van der Waals surface area contributed by atoms with Gasteiger partial charge in [-0.25, -0.2) is 9.78 Å². The predicted octanol–water partition coefficient (Wildman–Crippen LogP) is 2.44. The first-order valence-corrected chi connectivity index (χ1v) is 11.5. The number of ether oxygens (including phenoxy) is 1. The second kappa shape index (κ2) is 13.1. The summed E-state index contributed by atoms with van der Waals surface area (Å²) >= 11 is 0. The maximum Gasteiger partial charge on any atom is 0.407 e. The Hall–Kier alpha value is -3.17. The molecule has 2 heterocycles. The van der Waals surface area contributed by atoms with Crippen LogP contribution in [0.5, 0.6) is 0 Å². The van der Waals surface area contributed by atoms with E-state index in [1.54, 1.807) is 25.1 Å². The van der Waals surface area contributed by atoms with Gasteiger partial charge < -0.3 is 20.7 Å². The van der Waals surface area contributed by atoms with Gasteiger partial charge in [0.25, 0.3) is 5.91 Å². The van der Waals surface area contributed by atoms with E-state index in [0.29, 0.717) is 12.2 Å². The number of pyridine rings is 1. The molecule has 0 radical (unpaired) electrons. The molecule has 1 aliphatic heterocycles. The molecule has 1 aliphatic rings. The van der Waals surface area contributed by atoms with E-state index in [1.165, 1.54) is 0 Å². The average molecular weight is 504 g/mol. The van der Waals surface area contributed by atoms with Gasteiger partial charge in [-0.15, -0.1) is 12.4 Å². The van der Waals surface area contributed by atoms with E-state index >= 15 is 0 Å². The zero-order chi connectivity index (χ0) is 24.7. The second-order valence-corrected chi connectivity index (χ2v) is 8.74. The van der Waals surface area contributed by atoms with Crippen LogP contribution in [-0.4, -0.2) is 54.6 Å². The highest BCUT2D eigenvalue weighted by atomic mass is 35.5. The molecule has 0 fully saturated rings. The molecule has 3 N–H and O–H groups in total. The molecule has 0 bridgehead atoms. The van der Waals surface area contributed by atoms with Crippen molar-refractivity contribution in [2.75, 3.05) is 18.5 Å². The topological polar surface area (TPSA) is 113 Å². The number of carbonyl (C=O) groups is 3. The standard InChI is InChI=1S/C25H33N5O4.ClH/c1-16(2)21(29-23(31)17(3)26-4)24(32)30-20(13-19-11-8-12-27-22(19)30)14-28-25(33)34-15-18-9-6-5-7-10-18;/h5-12,16-17,20-21,26H,13-15H2,1-4H3,(H,28,33)(H,29,31);1H/t17-,20-,21-;/m0./s1. The summed E-state index contributed by atoms with van der Waals surface area (Å²) < 4.78 is 5.30. The van der Waals surface area contributed by atoms with E-state index in [2.05, 4.69) is 20.9 Å². The summed E-state index contributed by atoms with van der Waals surface area (Å²) in [5, 5.41) is 8.52. The zero-order valence-electron chi connectivity index (χ0n) is 20.5. The van der Waals surface area contributed by atoms with Gasteiger partial charge in [0.15, 0.2) is 0 Å². The van der Waals surface area contributed by atoms with Gasteiger partial charge >= 0.3 is 6.09 Å². The summed E-state index contributed by atoms with van der Waals surface area (Å²) in [6.45, 7) is 5.86. The molecule has 0 saturated carbocycles. The second-order valence-electron chi connectivity index (χ2n) is 8.74. The normalized spacial score (nSPS) is 16.0. The van der Waals surface area contributed by atoms with Crippen molar-refractivity contribution in [3.8, 4) is 0 Å². The van der Waals surface area contributed by atoms with Crippen molar-refractivity contribution >= 4 is 36.1 Å². The Kier molecular flexibility index (Phi) is 10.5. The lowest BCUT2D eigenvalue weighted by atomic mass is 10.0. The number of likely N-dealkylation sites (N-methyl/N-ethyl adjacent to an activating group) is 1. The van der Waals surface area contributed by atoms with Gasteiger partial charge in [0, 0.05) is 12.7 Å². The third kappa shape index (κ3) is 7.16. The van der Waals surface area contributed by atoms with E-state index in [1.807, 2.05) is 56.3 Å². The van der Waals surface area contributed by atoms with Crippen LogP contribution in [0, 0.1) is 5.92 Å². The number of nitrogens with one attached hydrogen (secondary N) is 3. The number of nitrogens with zero attached hydrogens (tertiary/aromatic N) is 2. The minimum atomic E-state index is -0.733. The summed E-state index contributed by atoms with van der Waals surface area (Å²) in [7, 11) is 1.69. The average Bonchev–Trinajstić information content (AvgIpc) is 3.22. The SMILES string of the molecule is CN[C@@H](C)C(=O)N[C@H](C(=O)N1c2ncccc2C[C@H]1CNC(=O)OCc1ccccc1)C(C)C.Cl. The molecule has 0 spiro atoms. The number of aromatic nitrogens is 1. The van der Waals surface area contributed by atoms with Crippen LogP contribution in [0.15, 0.2) is 48.7 Å². The molecule has 3 atom stereocenters. The number of amides is 3. The molecular formula is C25H34ClN5O4. The van der Waals surface area contributed by atoms with Crippen LogP contribution in [0.4, 0.5) is 10.6 Å². The van der Waals surface area contributed by atoms with Crippen molar-refractivity contribution in [3.63, 3.8) is 0 Å². The third-order valence-electron chi connectivity index (χ3n) is 5.91. The molecule has 35 heavy (non-hydrogen) atoms. The van der Waals surface area contributed by atoms with E-state index in [9.17, 15) is 14.4 Å². The van der Waals surface area contributed by atoms with Crippen molar-refractivity contribution in [2.24, 2.45) is 5.92 Å². The quantitative estimate of drug-likeness (QED) is 0.484. The Morgan fingerprint density at radius 3 is 2.49 bits per heavy atom. The van der Waals surface area contributed by atoms with Gasteiger partial charge in [-0.3, -0.25) is 14.5 Å². The number of benzene rings is 1. The van der Waals surface area contributed by atoms with Crippen LogP contribution in [0.1, 0.15) is 31.9 Å². The maximum absolute atomic E-state index is 13.7. The number of fused-ring (bicyclic) bond motifs is 1. The lowest BCUT2D eigenvalue weighted by molar-refractivity contribution is -0.129. The van der Waals surface area contributed by atoms with Crippen molar-refractivity contribution in [2.45, 2.75) is 51.9 Å². The molecular weight excluding hydrogens is 470 g/mol. The number of alkyl carbamates (subject to hydrolysis) is 1. The van der Waals surface area contributed by atoms with E-state index in [4.69, 9.17) is 4.74 Å². The first kappa shape index (κ1) is 28.1. The van der Waals surface area contributed by atoms with Crippen LogP contribution in [0.2, 0.25) is 0 Å². The Morgan fingerprint density at radius 1 is 1.11 bits per heavy atom. The van der Waals surface area contributed by atoms with Crippen LogP contribution >= 0.6 is 12.4 Å². The van der Waals surface area contributed by atoms with Crippen molar-refractivity contribution in [1.29, 1.82) is 0 Å². The minimum absolute atomic E-state index is 0. The summed E-state index contributed by atoms with van der Waals surface area (Å²) in [5.41, 5.74) is 1.80. The smallest absolute Gasteiger partial charge is 0.407 e. The molecule has 3 amide bonds. The molecule has 2 aromatic rings. The highest BCUT2D eigenvalue weighted by Crippen LogP contribution is 2.31. The fourth-order valence-electron chi connectivity index (χ4n) is 3.82. The lowest BCUT2D eigenvalue weighted by Gasteiger charge is -2.31. The van der Waals surface area contributed by atoms with Crippen LogP contribution in [-0.2, 0) is 27.4 Å². The number of hydrogen-bond donors (Lipinski definition) is 3. The van der Waals surface area contributed by atoms with Crippen molar-refractivity contribution in [1.82, 2.24) is 20.9 Å². The van der Waals surface area contributed by atoms with Crippen LogP contribution < -0.4 is 20.9 Å². The van der Waals surface area contributed by atoms with Gasteiger partial charge in [-0.05, 0) is 43.5 Å². The molecule has 3 rings (SSSR count). The highest BCUT2D eigenvalue weighted by molar-refractivity contribution is 6.01. The van der Waals surface area contributed by atoms with Crippen molar-refractivity contribution < 1.29 is 19.1 Å². The molecule has 0 unspecified atom stereocenters. The minimum Gasteiger partial charge on any atom is -0.445 e. The number of rotatable bonds is 9. The van der Waals surface area contributed by atoms with Gasteiger partial charge in [-0.2, -0.15) is 0 Å². The number of halogens is 1. The molecule has 190 valence electrons. The summed E-state index contributed by atoms with van der Waals surface area (Å²) in [6.07, 6.45) is 1.62. The highest BCUT2D eigenvalue weighted by Gasteiger charge is 2.40. The monoisotopic (exact) mass is 503 g/mol. The number of hydrogen-bond acceptors (Lipinski definition) is 6. The lowest BCUT2D eigenvalue weighted by Crippen LogP contribution is -2.57.